The summed E-state index contributed by atoms with van der Waals surface area (Å²) in [6.07, 6.45) is 1.26. The Kier molecular flexibility index (Phi) is 6.13. The lowest BCUT2D eigenvalue weighted by atomic mass is 9.88. The first-order chi connectivity index (χ1) is 11.5. The molecule has 2 aromatic rings. The van der Waals surface area contributed by atoms with Crippen LogP contribution in [0.15, 0.2) is 60.7 Å². The molecular weight excluding hydrogens is 304 g/mol. The number of hydrogen-bond acceptors (Lipinski definition) is 3. The lowest BCUT2D eigenvalue weighted by Crippen LogP contribution is -2.30. The number of carbonyl (C=O) groups excluding carboxylic acids is 1. The molecule has 0 amide bonds. The maximum absolute atomic E-state index is 12.3. The summed E-state index contributed by atoms with van der Waals surface area (Å²) >= 11 is 0. The first kappa shape index (κ1) is 17.7. The number of esters is 1. The molecule has 0 unspecified atom stereocenters. The number of carboxylic acid groups (broad SMARTS) is 1. The molecule has 4 heteroatoms. The topological polar surface area (TPSA) is 63.6 Å². The molecule has 0 heterocycles. The van der Waals surface area contributed by atoms with Crippen LogP contribution in [0, 0.1) is 0 Å². The highest BCUT2D eigenvalue weighted by Crippen LogP contribution is 2.33. The van der Waals surface area contributed by atoms with Crippen molar-refractivity contribution >= 4 is 11.9 Å². The molecule has 0 bridgehead atoms. The van der Waals surface area contributed by atoms with Crippen LogP contribution in [0.25, 0.3) is 0 Å². The van der Waals surface area contributed by atoms with Crippen molar-refractivity contribution in [2.24, 2.45) is 0 Å². The van der Waals surface area contributed by atoms with Crippen LogP contribution in [0.1, 0.15) is 43.7 Å². The third kappa shape index (κ3) is 4.69. The van der Waals surface area contributed by atoms with Crippen LogP contribution in [-0.2, 0) is 19.9 Å². The SMILES string of the molecule is CC(OC(=O)CCCCC(=O)O)(c1ccccc1)c1ccccc1. The Morgan fingerprint density at radius 1 is 0.875 bits per heavy atom. The first-order valence-electron chi connectivity index (χ1n) is 8.07. The molecule has 0 saturated carbocycles. The van der Waals surface area contributed by atoms with Crippen LogP contribution in [0.3, 0.4) is 0 Å². The predicted molar refractivity (Wildman–Crippen MR) is 91.5 cm³/mol. The summed E-state index contributed by atoms with van der Waals surface area (Å²) < 4.78 is 5.83. The van der Waals surface area contributed by atoms with Crippen molar-refractivity contribution in [1.82, 2.24) is 0 Å². The van der Waals surface area contributed by atoms with E-state index in [1.807, 2.05) is 67.6 Å². The lowest BCUT2D eigenvalue weighted by Gasteiger charge is -2.31. The quantitative estimate of drug-likeness (QED) is 0.585. The molecule has 2 aromatic carbocycles. The van der Waals surface area contributed by atoms with E-state index in [1.54, 1.807) is 0 Å². The van der Waals surface area contributed by atoms with Crippen LogP contribution in [0.4, 0.5) is 0 Å². The zero-order valence-corrected chi connectivity index (χ0v) is 13.8. The zero-order chi connectivity index (χ0) is 17.4. The maximum atomic E-state index is 12.3. The predicted octanol–water partition coefficient (Wildman–Crippen LogP) is 4.14. The van der Waals surface area contributed by atoms with Crippen LogP contribution in [0.2, 0.25) is 0 Å². The van der Waals surface area contributed by atoms with Crippen LogP contribution < -0.4 is 0 Å². The van der Waals surface area contributed by atoms with Gasteiger partial charge in [-0.15, -0.1) is 0 Å². The molecule has 1 N–H and O–H groups in total. The van der Waals surface area contributed by atoms with E-state index >= 15 is 0 Å². The van der Waals surface area contributed by atoms with Gasteiger partial charge in [0.25, 0.3) is 0 Å². The van der Waals surface area contributed by atoms with E-state index in [-0.39, 0.29) is 18.8 Å². The fourth-order valence-corrected chi connectivity index (χ4v) is 2.62. The van der Waals surface area contributed by atoms with Gasteiger partial charge in [0.1, 0.15) is 0 Å². The Balaban J connectivity index is 2.13. The minimum Gasteiger partial charge on any atom is -0.481 e. The Morgan fingerprint density at radius 3 is 1.79 bits per heavy atom. The van der Waals surface area contributed by atoms with E-state index in [1.165, 1.54) is 0 Å². The summed E-state index contributed by atoms with van der Waals surface area (Å²) in [5.74, 6) is -1.17. The molecule has 2 rings (SSSR count). The van der Waals surface area contributed by atoms with Gasteiger partial charge >= 0.3 is 11.9 Å². The number of carboxylic acids is 1. The maximum Gasteiger partial charge on any atom is 0.307 e. The fourth-order valence-electron chi connectivity index (χ4n) is 2.62. The molecule has 24 heavy (non-hydrogen) atoms. The molecule has 0 atom stereocenters. The van der Waals surface area contributed by atoms with E-state index in [0.717, 1.165) is 11.1 Å². The van der Waals surface area contributed by atoms with Crippen molar-refractivity contribution in [3.8, 4) is 0 Å². The van der Waals surface area contributed by atoms with Crippen molar-refractivity contribution in [3.63, 3.8) is 0 Å². The van der Waals surface area contributed by atoms with Gasteiger partial charge in [-0.05, 0) is 30.9 Å². The Labute approximate surface area is 142 Å². The molecule has 0 radical (unpaired) electrons. The number of unbranched alkanes of at least 4 members (excludes halogenated alkanes) is 1. The largest absolute Gasteiger partial charge is 0.481 e. The van der Waals surface area contributed by atoms with Crippen molar-refractivity contribution in [2.45, 2.75) is 38.2 Å². The number of carbonyl (C=O) groups is 2. The fraction of sp³-hybridized carbons (Fsp3) is 0.300. The monoisotopic (exact) mass is 326 g/mol. The second-order valence-corrected chi connectivity index (χ2v) is 5.84. The number of benzene rings is 2. The molecule has 0 aromatic heterocycles. The lowest BCUT2D eigenvalue weighted by molar-refractivity contribution is -0.155. The van der Waals surface area contributed by atoms with Gasteiger partial charge in [-0.1, -0.05) is 60.7 Å². The summed E-state index contributed by atoms with van der Waals surface area (Å²) in [5, 5.41) is 8.65. The third-order valence-corrected chi connectivity index (χ3v) is 3.99. The van der Waals surface area contributed by atoms with E-state index in [0.29, 0.717) is 12.8 Å². The van der Waals surface area contributed by atoms with Crippen LogP contribution in [-0.4, -0.2) is 17.0 Å². The van der Waals surface area contributed by atoms with Crippen molar-refractivity contribution in [3.05, 3.63) is 71.8 Å². The molecular formula is C20H22O4. The van der Waals surface area contributed by atoms with Gasteiger partial charge in [0.05, 0.1) is 0 Å². The van der Waals surface area contributed by atoms with Gasteiger partial charge in [-0.25, -0.2) is 0 Å². The smallest absolute Gasteiger partial charge is 0.307 e. The van der Waals surface area contributed by atoms with E-state index < -0.39 is 11.6 Å². The second kappa shape index (κ2) is 8.29. The highest BCUT2D eigenvalue weighted by atomic mass is 16.6. The third-order valence-electron chi connectivity index (χ3n) is 3.99. The molecule has 4 nitrogen and oxygen atoms in total. The van der Waals surface area contributed by atoms with Gasteiger partial charge in [0.2, 0.25) is 0 Å². The average molecular weight is 326 g/mol. The Hall–Kier alpha value is -2.62. The summed E-state index contributed by atoms with van der Waals surface area (Å²) in [6.45, 7) is 1.88. The van der Waals surface area contributed by atoms with Gasteiger partial charge in [0, 0.05) is 12.8 Å². The van der Waals surface area contributed by atoms with Crippen molar-refractivity contribution in [2.75, 3.05) is 0 Å². The van der Waals surface area contributed by atoms with Gasteiger partial charge in [-0.2, -0.15) is 0 Å². The molecule has 0 spiro atoms. The molecule has 126 valence electrons. The Morgan fingerprint density at radius 2 is 1.33 bits per heavy atom. The van der Waals surface area contributed by atoms with Crippen LogP contribution >= 0.6 is 0 Å². The highest BCUT2D eigenvalue weighted by molar-refractivity contribution is 5.71. The van der Waals surface area contributed by atoms with Crippen molar-refractivity contribution in [1.29, 1.82) is 0 Å². The Bertz CT molecular complexity index is 625. The highest BCUT2D eigenvalue weighted by Gasteiger charge is 2.32. The minimum atomic E-state index is -0.869. The van der Waals surface area contributed by atoms with E-state index in [4.69, 9.17) is 9.84 Å². The second-order valence-electron chi connectivity index (χ2n) is 5.84. The molecule has 0 saturated heterocycles. The van der Waals surface area contributed by atoms with Gasteiger partial charge < -0.3 is 9.84 Å². The zero-order valence-electron chi connectivity index (χ0n) is 13.8. The molecule has 0 aliphatic rings. The standard InChI is InChI=1S/C20H22O4/c1-20(16-10-4-2-5-11-16,17-12-6-3-7-13-17)24-19(23)15-9-8-14-18(21)22/h2-7,10-13H,8-9,14-15H2,1H3,(H,21,22). The summed E-state index contributed by atoms with van der Waals surface area (Å²) in [6, 6.07) is 19.2. The van der Waals surface area contributed by atoms with Crippen molar-refractivity contribution < 1.29 is 19.4 Å². The number of hydrogen-bond donors (Lipinski definition) is 1. The summed E-state index contributed by atoms with van der Waals surface area (Å²) in [4.78, 5) is 22.8. The number of ether oxygens (including phenoxy) is 1. The van der Waals surface area contributed by atoms with E-state index in [2.05, 4.69) is 0 Å². The molecule has 0 aliphatic carbocycles. The summed E-state index contributed by atoms with van der Waals surface area (Å²) in [7, 11) is 0. The molecule has 0 aliphatic heterocycles. The van der Waals surface area contributed by atoms with Gasteiger partial charge in [-0.3, -0.25) is 9.59 Å². The van der Waals surface area contributed by atoms with E-state index in [9.17, 15) is 9.59 Å². The average Bonchev–Trinajstić information content (AvgIpc) is 2.60. The normalized spacial score (nSPS) is 11.0. The van der Waals surface area contributed by atoms with Crippen LogP contribution in [0.5, 0.6) is 0 Å². The number of aliphatic carboxylic acids is 1. The van der Waals surface area contributed by atoms with Gasteiger partial charge in [0.15, 0.2) is 5.60 Å². The summed E-state index contributed by atoms with van der Waals surface area (Å²) in [5.41, 5.74) is 0.928. The molecule has 0 fully saturated rings. The first-order valence-corrected chi connectivity index (χ1v) is 8.07. The minimum absolute atomic E-state index is 0.0713. The number of rotatable bonds is 8.